The van der Waals surface area contributed by atoms with Gasteiger partial charge in [-0.2, -0.15) is 0 Å². The molecule has 30 heavy (non-hydrogen) atoms. The molecule has 1 aliphatic heterocycles. The number of carbonyl (C=O) groups is 2. The van der Waals surface area contributed by atoms with Crippen LogP contribution in [-0.2, 0) is 16.1 Å². The average molecular weight is 407 g/mol. The largest absolute Gasteiger partial charge is 0.507 e. The zero-order valence-corrected chi connectivity index (χ0v) is 16.0. The summed E-state index contributed by atoms with van der Waals surface area (Å²) in [5.41, 5.74) is 0.603. The van der Waals surface area contributed by atoms with Crippen LogP contribution in [0.1, 0.15) is 22.9 Å². The maximum Gasteiger partial charge on any atom is 0.296 e. The summed E-state index contributed by atoms with van der Waals surface area (Å²) in [5.74, 6) is -1.46. The second kappa shape index (κ2) is 7.87. The molecule has 1 saturated heterocycles. The number of aliphatic hydroxyl groups excluding tert-OH is 1. The number of aliphatic hydroxyl groups is 1. The Morgan fingerprint density at radius 2 is 1.90 bits per heavy atom. The summed E-state index contributed by atoms with van der Waals surface area (Å²) in [6, 6.07) is 14.4. The number of furan rings is 1. The third-order valence-corrected chi connectivity index (χ3v) is 4.97. The molecule has 0 aliphatic carbocycles. The molecule has 0 bridgehead atoms. The summed E-state index contributed by atoms with van der Waals surface area (Å²) in [6.07, 6.45) is 1.46. The van der Waals surface area contributed by atoms with Gasteiger partial charge >= 0.3 is 0 Å². The molecule has 7 heteroatoms. The van der Waals surface area contributed by atoms with Crippen molar-refractivity contribution in [2.75, 3.05) is 7.11 Å². The van der Waals surface area contributed by atoms with Crippen LogP contribution < -0.4 is 4.74 Å². The van der Waals surface area contributed by atoms with Crippen molar-refractivity contribution < 1.29 is 28.2 Å². The lowest BCUT2D eigenvalue weighted by Crippen LogP contribution is -2.29. The molecule has 0 spiro atoms. The Labute approximate surface area is 171 Å². The van der Waals surface area contributed by atoms with Crippen molar-refractivity contribution in [2.24, 2.45) is 0 Å². The van der Waals surface area contributed by atoms with Crippen LogP contribution >= 0.6 is 0 Å². The number of hydrogen-bond donors (Lipinski definition) is 1. The molecule has 1 aromatic heterocycles. The first-order valence-electron chi connectivity index (χ1n) is 9.20. The predicted molar refractivity (Wildman–Crippen MR) is 106 cm³/mol. The van der Waals surface area contributed by atoms with E-state index in [-0.39, 0.29) is 17.9 Å². The van der Waals surface area contributed by atoms with Crippen LogP contribution in [-0.4, -0.2) is 28.8 Å². The van der Waals surface area contributed by atoms with Gasteiger partial charge in [0.2, 0.25) is 0 Å². The number of Topliss-reactive ketones (excluding diaryl/α,β-unsaturated/α-hetero) is 1. The fraction of sp³-hybridized carbons (Fsp3) is 0.130. The number of ketones is 1. The highest BCUT2D eigenvalue weighted by Crippen LogP contribution is 2.40. The minimum Gasteiger partial charge on any atom is -0.507 e. The zero-order valence-electron chi connectivity index (χ0n) is 16.0. The van der Waals surface area contributed by atoms with Gasteiger partial charge in [0.25, 0.3) is 11.7 Å². The van der Waals surface area contributed by atoms with Gasteiger partial charge in [-0.15, -0.1) is 0 Å². The Morgan fingerprint density at radius 1 is 1.13 bits per heavy atom. The van der Waals surface area contributed by atoms with E-state index < -0.39 is 23.5 Å². The number of halogens is 1. The predicted octanol–water partition coefficient (Wildman–Crippen LogP) is 4.05. The molecule has 4 rings (SSSR count). The SMILES string of the molecule is COc1ccc(/C(O)=C2/C(=O)C(=O)N(Cc3ccco3)C2c2cccc(F)c2)cc1. The molecular weight excluding hydrogens is 389 g/mol. The molecule has 1 atom stereocenters. The van der Waals surface area contributed by atoms with E-state index in [1.807, 2.05) is 0 Å². The molecule has 2 aromatic carbocycles. The summed E-state index contributed by atoms with van der Waals surface area (Å²) >= 11 is 0. The van der Waals surface area contributed by atoms with Crippen molar-refractivity contribution in [3.8, 4) is 5.75 Å². The summed E-state index contributed by atoms with van der Waals surface area (Å²) in [4.78, 5) is 27.0. The van der Waals surface area contributed by atoms with Gasteiger partial charge in [0.05, 0.1) is 31.5 Å². The minimum absolute atomic E-state index is 0.00184. The van der Waals surface area contributed by atoms with Gasteiger partial charge in [-0.25, -0.2) is 4.39 Å². The Hall–Kier alpha value is -3.87. The van der Waals surface area contributed by atoms with Crippen LogP contribution in [0.5, 0.6) is 5.75 Å². The van der Waals surface area contributed by atoms with E-state index in [9.17, 15) is 19.1 Å². The molecule has 1 amide bonds. The average Bonchev–Trinajstić information content (AvgIpc) is 3.36. The summed E-state index contributed by atoms with van der Waals surface area (Å²) in [6.45, 7) is -0.00184. The minimum atomic E-state index is -0.965. The van der Waals surface area contributed by atoms with Crippen molar-refractivity contribution in [1.29, 1.82) is 0 Å². The number of benzene rings is 2. The van der Waals surface area contributed by atoms with Gasteiger partial charge in [0.15, 0.2) is 0 Å². The van der Waals surface area contributed by atoms with E-state index in [2.05, 4.69) is 0 Å². The van der Waals surface area contributed by atoms with E-state index in [1.165, 1.54) is 36.5 Å². The molecule has 0 radical (unpaired) electrons. The third kappa shape index (κ3) is 3.45. The lowest BCUT2D eigenvalue weighted by molar-refractivity contribution is -0.140. The Morgan fingerprint density at radius 3 is 2.53 bits per heavy atom. The number of likely N-dealkylation sites (tertiary alicyclic amines) is 1. The molecule has 1 N–H and O–H groups in total. The summed E-state index contributed by atoms with van der Waals surface area (Å²) in [7, 11) is 1.51. The van der Waals surface area contributed by atoms with Crippen molar-refractivity contribution in [3.63, 3.8) is 0 Å². The first-order valence-corrected chi connectivity index (χ1v) is 9.20. The Balaban J connectivity index is 1.85. The van der Waals surface area contributed by atoms with Gasteiger partial charge in [-0.05, 0) is 54.1 Å². The molecule has 6 nitrogen and oxygen atoms in total. The zero-order chi connectivity index (χ0) is 21.3. The first kappa shape index (κ1) is 19.4. The van der Waals surface area contributed by atoms with Gasteiger partial charge in [0.1, 0.15) is 23.1 Å². The fourth-order valence-electron chi connectivity index (χ4n) is 3.54. The molecule has 1 fully saturated rings. The highest BCUT2D eigenvalue weighted by molar-refractivity contribution is 6.46. The molecule has 1 aliphatic rings. The molecule has 0 saturated carbocycles. The van der Waals surface area contributed by atoms with Gasteiger partial charge < -0.3 is 19.2 Å². The Kier molecular flexibility index (Phi) is 5.10. The number of ether oxygens (including phenoxy) is 1. The highest BCUT2D eigenvalue weighted by Gasteiger charge is 2.46. The monoisotopic (exact) mass is 407 g/mol. The maximum atomic E-state index is 14.0. The van der Waals surface area contributed by atoms with Crippen molar-refractivity contribution in [2.45, 2.75) is 12.6 Å². The molecular formula is C23H18FNO5. The number of hydrogen-bond acceptors (Lipinski definition) is 5. The van der Waals surface area contributed by atoms with E-state index in [1.54, 1.807) is 42.5 Å². The Bertz CT molecular complexity index is 1120. The van der Waals surface area contributed by atoms with Crippen LogP contribution in [0.15, 0.2) is 76.9 Å². The number of amides is 1. The molecule has 1 unspecified atom stereocenters. The third-order valence-electron chi connectivity index (χ3n) is 4.97. The number of nitrogens with zero attached hydrogens (tertiary/aromatic N) is 1. The van der Waals surface area contributed by atoms with E-state index >= 15 is 0 Å². The number of methoxy groups -OCH3 is 1. The van der Waals surface area contributed by atoms with Gasteiger partial charge in [-0.1, -0.05) is 12.1 Å². The van der Waals surface area contributed by atoms with E-state index in [0.717, 1.165) is 0 Å². The quantitative estimate of drug-likeness (QED) is 0.392. The lowest BCUT2D eigenvalue weighted by Gasteiger charge is -2.24. The van der Waals surface area contributed by atoms with E-state index in [0.29, 0.717) is 22.6 Å². The van der Waals surface area contributed by atoms with E-state index in [4.69, 9.17) is 9.15 Å². The molecule has 2 heterocycles. The first-order chi connectivity index (χ1) is 14.5. The van der Waals surface area contributed by atoms with Crippen molar-refractivity contribution in [1.82, 2.24) is 4.90 Å². The number of carbonyl (C=O) groups excluding carboxylic acids is 2. The number of rotatable bonds is 5. The van der Waals surface area contributed by atoms with Gasteiger partial charge in [0, 0.05) is 5.56 Å². The molecule has 3 aromatic rings. The summed E-state index contributed by atoms with van der Waals surface area (Å²) in [5, 5.41) is 10.9. The van der Waals surface area contributed by atoms with Crippen LogP contribution in [0.4, 0.5) is 4.39 Å². The van der Waals surface area contributed by atoms with Crippen LogP contribution in [0, 0.1) is 5.82 Å². The van der Waals surface area contributed by atoms with Gasteiger partial charge in [-0.3, -0.25) is 9.59 Å². The lowest BCUT2D eigenvalue weighted by atomic mass is 9.95. The molecule has 152 valence electrons. The normalized spacial score (nSPS) is 18.1. The topological polar surface area (TPSA) is 80.0 Å². The smallest absolute Gasteiger partial charge is 0.296 e. The fourth-order valence-corrected chi connectivity index (χ4v) is 3.54. The van der Waals surface area contributed by atoms with Crippen LogP contribution in [0.25, 0.3) is 5.76 Å². The second-order valence-corrected chi connectivity index (χ2v) is 6.79. The highest BCUT2D eigenvalue weighted by atomic mass is 19.1. The van der Waals surface area contributed by atoms with Crippen LogP contribution in [0.3, 0.4) is 0 Å². The van der Waals surface area contributed by atoms with Crippen molar-refractivity contribution >= 4 is 17.4 Å². The summed E-state index contributed by atoms with van der Waals surface area (Å²) < 4.78 is 24.4. The second-order valence-electron chi connectivity index (χ2n) is 6.79. The maximum absolute atomic E-state index is 14.0. The standard InChI is InChI=1S/C23H18FNO5/c1-29-17-9-7-14(8-10-17)21(26)19-20(15-4-2-5-16(24)12-15)25(23(28)22(19)27)13-18-6-3-11-30-18/h2-12,20,26H,13H2,1H3/b21-19-. The van der Waals surface area contributed by atoms with Crippen LogP contribution in [0.2, 0.25) is 0 Å². The van der Waals surface area contributed by atoms with Crippen molar-refractivity contribution in [3.05, 3.63) is 95.2 Å².